The predicted octanol–water partition coefficient (Wildman–Crippen LogP) is 4.45. The Labute approximate surface area is 133 Å². The summed E-state index contributed by atoms with van der Waals surface area (Å²) in [7, 11) is 0. The van der Waals surface area contributed by atoms with E-state index < -0.39 is 0 Å². The highest BCUT2D eigenvalue weighted by atomic mass is 127. The summed E-state index contributed by atoms with van der Waals surface area (Å²) in [5, 5.41) is 0. The zero-order valence-corrected chi connectivity index (χ0v) is 13.5. The Bertz CT molecular complexity index is 539. The molecule has 0 N–H and O–H groups in total. The van der Waals surface area contributed by atoms with Gasteiger partial charge in [-0.25, -0.2) is 0 Å². The second-order valence-electron chi connectivity index (χ2n) is 4.42. The molecule has 0 aromatic heterocycles. The molecule has 0 radical (unpaired) electrons. The van der Waals surface area contributed by atoms with Crippen LogP contribution in [0.3, 0.4) is 0 Å². The molecule has 0 aliphatic carbocycles. The number of ether oxygens (including phenoxy) is 1. The van der Waals surface area contributed by atoms with Gasteiger partial charge in [0.05, 0.1) is 0 Å². The van der Waals surface area contributed by atoms with Crippen molar-refractivity contribution in [1.29, 1.82) is 0 Å². The Morgan fingerprint density at radius 3 is 2.15 bits per heavy atom. The number of ketones is 1. The van der Waals surface area contributed by atoms with E-state index in [9.17, 15) is 4.79 Å². The fourth-order valence-corrected chi connectivity index (χ4v) is 3.05. The van der Waals surface area contributed by atoms with E-state index in [2.05, 4.69) is 22.6 Å². The van der Waals surface area contributed by atoms with Crippen LogP contribution in [-0.2, 0) is 4.74 Å². The van der Waals surface area contributed by atoms with E-state index in [0.717, 1.165) is 11.1 Å². The van der Waals surface area contributed by atoms with Gasteiger partial charge in [0, 0.05) is 12.2 Å². The molecular weight excluding hydrogens is 363 g/mol. The minimum absolute atomic E-state index is 0.105. The highest BCUT2D eigenvalue weighted by molar-refractivity contribution is 14.1. The number of alkyl halides is 1. The van der Waals surface area contributed by atoms with Crippen LogP contribution in [0.15, 0.2) is 60.7 Å². The molecule has 2 nitrogen and oxygen atoms in total. The van der Waals surface area contributed by atoms with Gasteiger partial charge in [-0.3, -0.25) is 4.79 Å². The van der Waals surface area contributed by atoms with Crippen molar-refractivity contribution in [2.45, 2.75) is 17.0 Å². The SMILES string of the molecule is CCO[C@@H](c1ccccc1)[C@H](I)C(=O)c1ccccc1. The van der Waals surface area contributed by atoms with E-state index in [1.54, 1.807) is 0 Å². The maximum atomic E-state index is 12.5. The first-order valence-electron chi connectivity index (χ1n) is 6.64. The van der Waals surface area contributed by atoms with Crippen LogP contribution in [0.5, 0.6) is 0 Å². The van der Waals surface area contributed by atoms with Gasteiger partial charge < -0.3 is 4.74 Å². The Kier molecular flexibility index (Phi) is 5.73. The fraction of sp³-hybridized carbons (Fsp3) is 0.235. The number of hydrogen-bond donors (Lipinski definition) is 0. The molecule has 0 fully saturated rings. The van der Waals surface area contributed by atoms with Crippen LogP contribution in [-0.4, -0.2) is 16.3 Å². The molecule has 20 heavy (non-hydrogen) atoms. The quantitative estimate of drug-likeness (QED) is 0.421. The fourth-order valence-electron chi connectivity index (χ4n) is 2.07. The third kappa shape index (κ3) is 3.67. The van der Waals surface area contributed by atoms with Gasteiger partial charge in [0.2, 0.25) is 0 Å². The maximum Gasteiger partial charge on any atom is 0.178 e. The number of hydrogen-bond acceptors (Lipinski definition) is 2. The van der Waals surface area contributed by atoms with Crippen LogP contribution in [0.1, 0.15) is 28.9 Å². The Morgan fingerprint density at radius 1 is 1.05 bits per heavy atom. The molecule has 2 aromatic carbocycles. The average Bonchev–Trinajstić information content (AvgIpc) is 2.53. The average molecular weight is 380 g/mol. The molecule has 0 saturated carbocycles. The topological polar surface area (TPSA) is 26.3 Å². The number of halogens is 1. The molecule has 0 aliphatic rings. The lowest BCUT2D eigenvalue weighted by atomic mass is 10.00. The highest BCUT2D eigenvalue weighted by Crippen LogP contribution is 2.29. The molecule has 2 rings (SSSR count). The Morgan fingerprint density at radius 2 is 1.60 bits per heavy atom. The predicted molar refractivity (Wildman–Crippen MR) is 89.4 cm³/mol. The largest absolute Gasteiger partial charge is 0.372 e. The van der Waals surface area contributed by atoms with E-state index in [-0.39, 0.29) is 15.8 Å². The molecule has 0 unspecified atom stereocenters. The third-order valence-corrected chi connectivity index (χ3v) is 4.27. The third-order valence-electron chi connectivity index (χ3n) is 3.05. The minimum Gasteiger partial charge on any atom is -0.372 e. The summed E-state index contributed by atoms with van der Waals surface area (Å²) >= 11 is 2.19. The lowest BCUT2D eigenvalue weighted by Crippen LogP contribution is -2.24. The second-order valence-corrected chi connectivity index (χ2v) is 5.76. The van der Waals surface area contributed by atoms with Crippen LogP contribution in [0.2, 0.25) is 0 Å². The van der Waals surface area contributed by atoms with Crippen LogP contribution >= 0.6 is 22.6 Å². The summed E-state index contributed by atoms with van der Waals surface area (Å²) in [5.74, 6) is 0.105. The first-order valence-corrected chi connectivity index (χ1v) is 7.88. The van der Waals surface area contributed by atoms with E-state index in [1.807, 2.05) is 67.6 Å². The zero-order chi connectivity index (χ0) is 14.4. The molecule has 104 valence electrons. The van der Waals surface area contributed by atoms with E-state index in [1.165, 1.54) is 0 Å². The first-order chi connectivity index (χ1) is 9.74. The Hall–Kier alpha value is -1.20. The highest BCUT2D eigenvalue weighted by Gasteiger charge is 2.28. The normalized spacial score (nSPS) is 13.7. The van der Waals surface area contributed by atoms with Crippen molar-refractivity contribution < 1.29 is 9.53 Å². The van der Waals surface area contributed by atoms with Crippen molar-refractivity contribution in [3.8, 4) is 0 Å². The lowest BCUT2D eigenvalue weighted by Gasteiger charge is -2.22. The van der Waals surface area contributed by atoms with Crippen molar-refractivity contribution in [2.75, 3.05) is 6.61 Å². The second kappa shape index (κ2) is 7.55. The molecular formula is C17H17IO2. The lowest BCUT2D eigenvalue weighted by molar-refractivity contribution is 0.0569. The molecule has 2 aromatic rings. The summed E-state index contributed by atoms with van der Waals surface area (Å²) in [6.07, 6.45) is -0.213. The monoisotopic (exact) mass is 380 g/mol. The number of rotatable bonds is 6. The number of carbonyl (C=O) groups excluding carboxylic acids is 1. The van der Waals surface area contributed by atoms with E-state index in [0.29, 0.717) is 6.61 Å². The van der Waals surface area contributed by atoms with Gasteiger partial charge in [-0.15, -0.1) is 0 Å². The Balaban J connectivity index is 2.23. The van der Waals surface area contributed by atoms with E-state index in [4.69, 9.17) is 4.74 Å². The molecule has 0 heterocycles. The molecule has 3 heteroatoms. The molecule has 0 bridgehead atoms. The molecule has 0 aliphatic heterocycles. The van der Waals surface area contributed by atoms with Crippen molar-refractivity contribution in [2.24, 2.45) is 0 Å². The molecule has 0 spiro atoms. The summed E-state index contributed by atoms with van der Waals surface area (Å²) in [5.41, 5.74) is 1.77. The minimum atomic E-state index is -0.239. The van der Waals surface area contributed by atoms with Crippen molar-refractivity contribution in [3.05, 3.63) is 71.8 Å². The molecule has 0 saturated heterocycles. The molecule has 0 amide bonds. The summed E-state index contributed by atoms with van der Waals surface area (Å²) in [6, 6.07) is 19.3. The number of Topliss-reactive ketones (excluding diaryl/α,β-unsaturated/α-hetero) is 1. The number of benzene rings is 2. The van der Waals surface area contributed by atoms with Crippen LogP contribution in [0.25, 0.3) is 0 Å². The van der Waals surface area contributed by atoms with Crippen molar-refractivity contribution in [3.63, 3.8) is 0 Å². The van der Waals surface area contributed by atoms with E-state index >= 15 is 0 Å². The van der Waals surface area contributed by atoms with Gasteiger partial charge in [-0.05, 0) is 12.5 Å². The van der Waals surface area contributed by atoms with Gasteiger partial charge in [-0.1, -0.05) is 83.3 Å². The van der Waals surface area contributed by atoms with Gasteiger partial charge in [0.15, 0.2) is 5.78 Å². The van der Waals surface area contributed by atoms with Gasteiger partial charge >= 0.3 is 0 Å². The zero-order valence-electron chi connectivity index (χ0n) is 11.3. The van der Waals surface area contributed by atoms with Gasteiger partial charge in [-0.2, -0.15) is 0 Å². The van der Waals surface area contributed by atoms with Crippen molar-refractivity contribution in [1.82, 2.24) is 0 Å². The number of carbonyl (C=O) groups is 1. The van der Waals surface area contributed by atoms with Crippen LogP contribution in [0, 0.1) is 0 Å². The standard InChI is InChI=1S/C17H17IO2/c1-2-20-17(14-11-7-4-8-12-14)15(18)16(19)13-9-5-3-6-10-13/h3-12,15,17H,2H2,1H3/t15-,17+/m1/s1. The van der Waals surface area contributed by atoms with Gasteiger partial charge in [0.25, 0.3) is 0 Å². The molecule has 2 atom stereocenters. The smallest absolute Gasteiger partial charge is 0.178 e. The first kappa shape index (κ1) is 15.2. The van der Waals surface area contributed by atoms with Crippen LogP contribution < -0.4 is 0 Å². The van der Waals surface area contributed by atoms with Crippen LogP contribution in [0.4, 0.5) is 0 Å². The summed E-state index contributed by atoms with van der Waals surface area (Å²) < 4.78 is 5.57. The summed E-state index contributed by atoms with van der Waals surface area (Å²) in [4.78, 5) is 12.5. The van der Waals surface area contributed by atoms with Gasteiger partial charge in [0.1, 0.15) is 10.0 Å². The van der Waals surface area contributed by atoms with Crippen molar-refractivity contribution >= 4 is 28.4 Å². The maximum absolute atomic E-state index is 12.5. The summed E-state index contributed by atoms with van der Waals surface area (Å²) in [6.45, 7) is 2.54.